The summed E-state index contributed by atoms with van der Waals surface area (Å²) >= 11 is 7.87. The van der Waals surface area contributed by atoms with Gasteiger partial charge >= 0.3 is 0 Å². The molecule has 0 unspecified atom stereocenters. The van der Waals surface area contributed by atoms with Crippen LogP contribution in [0.3, 0.4) is 0 Å². The van der Waals surface area contributed by atoms with Gasteiger partial charge in [0.15, 0.2) is 0 Å². The van der Waals surface area contributed by atoms with E-state index in [1.54, 1.807) is 0 Å². The van der Waals surface area contributed by atoms with Crippen LogP contribution >= 0.6 is 110 Å². The van der Waals surface area contributed by atoms with Gasteiger partial charge in [0.2, 0.25) is 0 Å². The lowest BCUT2D eigenvalue weighted by atomic mass is 11.2. The number of rotatable bonds is 0. The zero-order chi connectivity index (χ0) is 10.5. The minimum atomic E-state index is 1.50. The predicted octanol–water partition coefficient (Wildman–Crippen LogP) is 7.41. The molecule has 0 fully saturated rings. The Morgan fingerprint density at radius 3 is 1.00 bits per heavy atom. The van der Waals surface area contributed by atoms with E-state index in [-0.39, 0.29) is 0 Å². The van der Waals surface area contributed by atoms with E-state index >= 15 is 0 Å². The van der Waals surface area contributed by atoms with Crippen LogP contribution in [-0.4, -0.2) is 0 Å². The van der Waals surface area contributed by atoms with Gasteiger partial charge in [0, 0.05) is 0 Å². The Bertz CT molecular complexity index is 380. The Kier molecular flexibility index (Phi) is 4.09. The minimum absolute atomic E-state index is 1.50. The molecule has 10 heteroatoms. The van der Waals surface area contributed by atoms with Crippen molar-refractivity contribution in [3.8, 4) is 0 Å². The summed E-state index contributed by atoms with van der Waals surface area (Å²) in [6.07, 6.45) is 0. The normalized spacial score (nSPS) is 28.5. The first-order valence-corrected chi connectivity index (χ1v) is 14.1. The molecular weight excluding hydrogens is 393 g/mol. The number of thioether (sulfide) groups is 4. The molecule has 0 nitrogen and oxygen atoms in total. The lowest BCUT2D eigenvalue weighted by Gasteiger charge is -2.04. The maximum atomic E-state index is 1.97. The molecule has 84 valence electrons. The van der Waals surface area contributed by atoms with Crippen LogP contribution in [0, 0.1) is 0 Å². The first-order valence-electron chi connectivity index (χ1n) is 3.87. The lowest BCUT2D eigenvalue weighted by molar-refractivity contribution is 2.37. The summed E-state index contributed by atoms with van der Waals surface area (Å²) in [5.74, 6) is 0. The van der Waals surface area contributed by atoms with Crippen molar-refractivity contribution in [3.63, 3.8) is 0 Å². The van der Waals surface area contributed by atoms with Crippen LogP contribution in [0.5, 0.6) is 0 Å². The molecule has 4 rings (SSSR count). The van der Waals surface area contributed by atoms with Crippen LogP contribution in [0.2, 0.25) is 0 Å². The molecule has 0 N–H and O–H groups in total. The van der Waals surface area contributed by atoms with Gasteiger partial charge in [0.25, 0.3) is 0 Å². The van der Waals surface area contributed by atoms with E-state index in [4.69, 9.17) is 0 Å². The number of hydrogen-bond donors (Lipinski definition) is 0. The summed E-state index contributed by atoms with van der Waals surface area (Å²) in [4.78, 5) is 0. The molecule has 0 atom stereocenters. The molecule has 0 aliphatic carbocycles. The maximum absolute atomic E-state index is 1.97. The van der Waals surface area contributed by atoms with Gasteiger partial charge in [0.05, 0.1) is 25.4 Å². The zero-order valence-corrected chi connectivity index (χ0v) is 15.2. The van der Waals surface area contributed by atoms with E-state index < -0.39 is 0 Å². The van der Waals surface area contributed by atoms with E-state index in [0.29, 0.717) is 0 Å². The molecule has 4 aliphatic heterocycles. The summed E-state index contributed by atoms with van der Waals surface area (Å²) in [6, 6.07) is 0. The fourth-order valence-corrected chi connectivity index (χ4v) is 19.8. The molecule has 0 aromatic rings. The van der Waals surface area contributed by atoms with Crippen LogP contribution < -0.4 is 0 Å². The highest BCUT2D eigenvalue weighted by Gasteiger charge is 2.35. The molecule has 0 spiro atoms. The van der Waals surface area contributed by atoms with Crippen molar-refractivity contribution >= 4 is 110 Å². The summed E-state index contributed by atoms with van der Waals surface area (Å²) in [5, 5.41) is 0. The highest BCUT2D eigenvalue weighted by atomic mass is 33.5. The monoisotopic (exact) mass is 392 g/mol. The Balaban J connectivity index is 1.56. The fraction of sp³-hybridized carbons (Fsp3) is 0. The van der Waals surface area contributed by atoms with E-state index in [2.05, 4.69) is 0 Å². The van der Waals surface area contributed by atoms with Crippen LogP contribution in [0.4, 0.5) is 0 Å². The van der Waals surface area contributed by atoms with E-state index in [1.807, 2.05) is 110 Å². The molecule has 4 heterocycles. The van der Waals surface area contributed by atoms with Gasteiger partial charge in [-0.1, -0.05) is 47.0 Å². The van der Waals surface area contributed by atoms with Crippen molar-refractivity contribution in [2.75, 3.05) is 0 Å². The molecule has 0 radical (unpaired) electrons. The fourth-order valence-electron chi connectivity index (χ4n) is 1.07. The highest BCUT2D eigenvalue weighted by molar-refractivity contribution is 9.14. The maximum Gasteiger partial charge on any atom is 0.0786 e. The molecule has 16 heavy (non-hydrogen) atoms. The predicted molar refractivity (Wildman–Crippen MR) is 97.0 cm³/mol. The molecule has 0 aromatic heterocycles. The van der Waals surface area contributed by atoms with Crippen molar-refractivity contribution in [2.24, 2.45) is 0 Å². The van der Waals surface area contributed by atoms with Crippen molar-refractivity contribution < 1.29 is 0 Å². The standard InChI is InChI=1S/C6S10/c7-1(8-4-3(7)11-15-12-4)2-9-5-6(10-2)14-16-13-5. The van der Waals surface area contributed by atoms with E-state index in [1.165, 1.54) is 25.4 Å². The lowest BCUT2D eigenvalue weighted by Crippen LogP contribution is -1.67. The van der Waals surface area contributed by atoms with Gasteiger partial charge < -0.3 is 0 Å². The quantitative estimate of drug-likeness (QED) is 0.380. The summed E-state index contributed by atoms with van der Waals surface area (Å²) in [6.45, 7) is 0. The van der Waals surface area contributed by atoms with Crippen LogP contribution in [0.25, 0.3) is 0 Å². The van der Waals surface area contributed by atoms with Gasteiger partial charge in [-0.3, -0.25) is 0 Å². The summed E-state index contributed by atoms with van der Waals surface area (Å²) in [5.41, 5.74) is 0. The largest absolute Gasteiger partial charge is 0.0786 e. The minimum Gasteiger partial charge on any atom is -0.0712 e. The first kappa shape index (κ1) is 12.5. The summed E-state index contributed by atoms with van der Waals surface area (Å²) < 4.78 is 9.02. The molecular formula is C6S10. The molecule has 0 saturated heterocycles. The third-order valence-electron chi connectivity index (χ3n) is 1.68. The molecule has 0 bridgehead atoms. The third kappa shape index (κ3) is 2.26. The summed E-state index contributed by atoms with van der Waals surface area (Å²) in [7, 11) is 11.4. The second-order valence-corrected chi connectivity index (χ2v) is 16.1. The second-order valence-electron chi connectivity index (χ2n) is 2.60. The molecule has 0 amide bonds. The zero-order valence-electron chi connectivity index (χ0n) is 7.08. The molecule has 0 aromatic carbocycles. The third-order valence-corrected chi connectivity index (χ3v) is 17.6. The van der Waals surface area contributed by atoms with Crippen molar-refractivity contribution in [1.29, 1.82) is 0 Å². The topological polar surface area (TPSA) is 0 Å². The average Bonchev–Trinajstić information content (AvgIpc) is 2.94. The SMILES string of the molecule is S1SC2=C(S1)SC(=C1SC3=C(SSS3)S1)S2. The Morgan fingerprint density at radius 2 is 0.688 bits per heavy atom. The van der Waals surface area contributed by atoms with Crippen molar-refractivity contribution in [1.82, 2.24) is 0 Å². The van der Waals surface area contributed by atoms with E-state index in [9.17, 15) is 0 Å². The Hall–Kier alpha value is 2.72. The Morgan fingerprint density at radius 1 is 0.375 bits per heavy atom. The first-order chi connectivity index (χ1) is 7.90. The van der Waals surface area contributed by atoms with Crippen LogP contribution in [0.1, 0.15) is 0 Å². The van der Waals surface area contributed by atoms with Gasteiger partial charge in [0.1, 0.15) is 0 Å². The van der Waals surface area contributed by atoms with Crippen molar-refractivity contribution in [3.05, 3.63) is 25.4 Å². The van der Waals surface area contributed by atoms with E-state index in [0.717, 1.165) is 0 Å². The van der Waals surface area contributed by atoms with Gasteiger partial charge in [-0.15, -0.1) is 0 Å². The smallest absolute Gasteiger partial charge is 0.0712 e. The van der Waals surface area contributed by atoms with Gasteiger partial charge in [-0.05, 0) is 62.8 Å². The number of hydrogen-bond acceptors (Lipinski definition) is 10. The van der Waals surface area contributed by atoms with Crippen LogP contribution in [0.15, 0.2) is 25.4 Å². The van der Waals surface area contributed by atoms with Crippen molar-refractivity contribution in [2.45, 2.75) is 0 Å². The Labute approximate surface area is 133 Å². The van der Waals surface area contributed by atoms with Gasteiger partial charge in [-0.25, -0.2) is 0 Å². The van der Waals surface area contributed by atoms with Gasteiger partial charge in [-0.2, -0.15) is 0 Å². The van der Waals surface area contributed by atoms with Crippen LogP contribution in [-0.2, 0) is 0 Å². The second kappa shape index (κ2) is 5.25. The molecule has 4 aliphatic rings. The highest BCUT2D eigenvalue weighted by Crippen LogP contribution is 2.75. The average molecular weight is 393 g/mol. The molecule has 0 saturated carbocycles.